The van der Waals surface area contributed by atoms with Crippen LogP contribution in [0.5, 0.6) is 0 Å². The molecule has 0 bridgehead atoms. The van der Waals surface area contributed by atoms with Gasteiger partial charge in [-0.2, -0.15) is 0 Å². The van der Waals surface area contributed by atoms with Crippen LogP contribution in [0, 0.1) is 0 Å². The van der Waals surface area contributed by atoms with E-state index < -0.39 is 0 Å². The third-order valence-electron chi connectivity index (χ3n) is 3.13. The van der Waals surface area contributed by atoms with E-state index in [0.29, 0.717) is 21.1 Å². The van der Waals surface area contributed by atoms with E-state index in [4.69, 9.17) is 34.8 Å². The smallest absolute Gasteiger partial charge is 0.0781 e. The van der Waals surface area contributed by atoms with Crippen LogP contribution in [0.25, 0.3) is 0 Å². The Hall–Kier alpha value is 0.01000. The topological polar surface area (TPSA) is 32.3 Å². The van der Waals surface area contributed by atoms with Crippen LogP contribution in [0.15, 0.2) is 12.1 Å². The van der Waals surface area contributed by atoms with E-state index >= 15 is 0 Å². The van der Waals surface area contributed by atoms with Crippen molar-refractivity contribution >= 4 is 34.8 Å². The minimum absolute atomic E-state index is 0.0924. The summed E-state index contributed by atoms with van der Waals surface area (Å²) < 4.78 is 0. The van der Waals surface area contributed by atoms with E-state index in [-0.39, 0.29) is 12.1 Å². The molecule has 2 nitrogen and oxygen atoms in total. The van der Waals surface area contributed by atoms with Gasteiger partial charge in [0.15, 0.2) is 0 Å². The Bertz CT molecular complexity index is 418. The fraction of sp³-hybridized carbons (Fsp3) is 0.500. The van der Waals surface area contributed by atoms with Crippen LogP contribution < -0.4 is 5.32 Å². The molecule has 0 saturated heterocycles. The SMILES string of the molecule is CC(NC1CC(O)C1)c1ccc(Cl)c(Cl)c1Cl. The second-order valence-electron chi connectivity index (χ2n) is 4.48. The molecule has 1 saturated carbocycles. The molecular formula is C12H14Cl3NO. The standard InChI is InChI=1S/C12H14Cl3NO/c1-6(16-7-4-8(17)5-7)9-2-3-10(13)12(15)11(9)14/h2-3,6-8,16-17H,4-5H2,1H3. The van der Waals surface area contributed by atoms with E-state index in [1.54, 1.807) is 6.07 Å². The molecule has 1 aliphatic rings. The molecule has 0 radical (unpaired) electrons. The first-order chi connectivity index (χ1) is 7.99. The zero-order chi connectivity index (χ0) is 12.6. The molecule has 0 spiro atoms. The monoisotopic (exact) mass is 293 g/mol. The number of rotatable bonds is 3. The Morgan fingerprint density at radius 3 is 2.47 bits per heavy atom. The number of halogens is 3. The summed E-state index contributed by atoms with van der Waals surface area (Å²) >= 11 is 18.0. The van der Waals surface area contributed by atoms with Gasteiger partial charge in [0.25, 0.3) is 0 Å². The number of hydrogen-bond acceptors (Lipinski definition) is 2. The molecule has 0 heterocycles. The Balaban J connectivity index is 2.08. The highest BCUT2D eigenvalue weighted by molar-refractivity contribution is 6.48. The lowest BCUT2D eigenvalue weighted by Gasteiger charge is -2.34. The largest absolute Gasteiger partial charge is 0.393 e. The maximum Gasteiger partial charge on any atom is 0.0781 e. The maximum absolute atomic E-state index is 9.23. The first-order valence-electron chi connectivity index (χ1n) is 5.56. The third kappa shape index (κ3) is 2.88. The van der Waals surface area contributed by atoms with E-state index in [1.165, 1.54) is 0 Å². The van der Waals surface area contributed by atoms with Crippen molar-refractivity contribution < 1.29 is 5.11 Å². The van der Waals surface area contributed by atoms with Crippen LogP contribution in [-0.4, -0.2) is 17.3 Å². The third-order valence-corrected chi connectivity index (χ3v) is 4.44. The fourth-order valence-corrected chi connectivity index (χ4v) is 2.75. The molecule has 1 unspecified atom stereocenters. The van der Waals surface area contributed by atoms with Gasteiger partial charge in [-0.05, 0) is 31.4 Å². The van der Waals surface area contributed by atoms with Crippen molar-refractivity contribution in [2.75, 3.05) is 0 Å². The molecule has 2 N–H and O–H groups in total. The number of benzene rings is 1. The minimum atomic E-state index is -0.163. The summed E-state index contributed by atoms with van der Waals surface area (Å²) in [5.74, 6) is 0. The lowest BCUT2D eigenvalue weighted by atomic mass is 9.88. The summed E-state index contributed by atoms with van der Waals surface area (Å²) in [6.07, 6.45) is 1.43. The first-order valence-corrected chi connectivity index (χ1v) is 6.70. The summed E-state index contributed by atoms with van der Waals surface area (Å²) in [4.78, 5) is 0. The lowest BCUT2D eigenvalue weighted by Crippen LogP contribution is -2.45. The highest BCUT2D eigenvalue weighted by atomic mass is 35.5. The van der Waals surface area contributed by atoms with Crippen LogP contribution in [0.1, 0.15) is 31.4 Å². The summed E-state index contributed by atoms with van der Waals surface area (Å²) in [6.45, 7) is 2.02. The van der Waals surface area contributed by atoms with Gasteiger partial charge in [-0.1, -0.05) is 40.9 Å². The molecule has 17 heavy (non-hydrogen) atoms. The molecule has 1 atom stereocenters. The molecule has 1 fully saturated rings. The summed E-state index contributed by atoms with van der Waals surface area (Å²) in [7, 11) is 0. The number of hydrogen-bond donors (Lipinski definition) is 2. The van der Waals surface area contributed by atoms with Crippen molar-refractivity contribution in [3.8, 4) is 0 Å². The molecule has 0 aromatic heterocycles. The Morgan fingerprint density at radius 2 is 1.88 bits per heavy atom. The highest BCUT2D eigenvalue weighted by Gasteiger charge is 2.28. The van der Waals surface area contributed by atoms with Gasteiger partial charge < -0.3 is 10.4 Å². The average Bonchev–Trinajstić information content (AvgIpc) is 2.24. The average molecular weight is 295 g/mol. The van der Waals surface area contributed by atoms with Crippen molar-refractivity contribution in [2.45, 2.75) is 38.0 Å². The molecular weight excluding hydrogens is 280 g/mol. The molecule has 0 aliphatic heterocycles. The molecule has 1 aliphatic carbocycles. The van der Waals surface area contributed by atoms with Crippen molar-refractivity contribution in [1.82, 2.24) is 5.32 Å². The van der Waals surface area contributed by atoms with Gasteiger partial charge in [-0.15, -0.1) is 0 Å². The van der Waals surface area contributed by atoms with Gasteiger partial charge in [0, 0.05) is 12.1 Å². The molecule has 1 aromatic rings. The van der Waals surface area contributed by atoms with Gasteiger partial charge in [-0.3, -0.25) is 0 Å². The van der Waals surface area contributed by atoms with Crippen molar-refractivity contribution in [2.24, 2.45) is 0 Å². The van der Waals surface area contributed by atoms with Crippen LogP contribution >= 0.6 is 34.8 Å². The first kappa shape index (κ1) is 13.4. The number of aliphatic hydroxyl groups excluding tert-OH is 1. The minimum Gasteiger partial charge on any atom is -0.393 e. The van der Waals surface area contributed by atoms with Gasteiger partial charge in [0.1, 0.15) is 0 Å². The Morgan fingerprint density at radius 1 is 1.24 bits per heavy atom. The number of aliphatic hydroxyl groups is 1. The predicted octanol–water partition coefficient (Wildman–Crippen LogP) is 3.82. The molecule has 5 heteroatoms. The maximum atomic E-state index is 9.23. The fourth-order valence-electron chi connectivity index (χ4n) is 2.04. The lowest BCUT2D eigenvalue weighted by molar-refractivity contribution is 0.0586. The second kappa shape index (κ2) is 5.33. The molecule has 0 amide bonds. The van der Waals surface area contributed by atoms with E-state index in [2.05, 4.69) is 5.32 Å². The quantitative estimate of drug-likeness (QED) is 0.831. The highest BCUT2D eigenvalue weighted by Crippen LogP contribution is 2.36. The molecule has 2 rings (SSSR count). The second-order valence-corrected chi connectivity index (χ2v) is 5.64. The summed E-state index contributed by atoms with van der Waals surface area (Å²) in [5.41, 5.74) is 0.933. The van der Waals surface area contributed by atoms with Crippen LogP contribution in [-0.2, 0) is 0 Å². The predicted molar refractivity (Wildman–Crippen MR) is 72.1 cm³/mol. The van der Waals surface area contributed by atoms with E-state index in [1.807, 2.05) is 13.0 Å². The zero-order valence-electron chi connectivity index (χ0n) is 9.38. The van der Waals surface area contributed by atoms with Gasteiger partial charge in [0.05, 0.1) is 21.2 Å². The van der Waals surface area contributed by atoms with Gasteiger partial charge in [0.2, 0.25) is 0 Å². The van der Waals surface area contributed by atoms with Gasteiger partial charge >= 0.3 is 0 Å². The zero-order valence-corrected chi connectivity index (χ0v) is 11.6. The van der Waals surface area contributed by atoms with Gasteiger partial charge in [-0.25, -0.2) is 0 Å². The van der Waals surface area contributed by atoms with Crippen molar-refractivity contribution in [3.63, 3.8) is 0 Å². The molecule has 94 valence electrons. The number of nitrogens with one attached hydrogen (secondary N) is 1. The van der Waals surface area contributed by atoms with Crippen LogP contribution in [0.2, 0.25) is 15.1 Å². The summed E-state index contributed by atoms with van der Waals surface area (Å²) in [5, 5.41) is 14.0. The summed E-state index contributed by atoms with van der Waals surface area (Å²) in [6, 6.07) is 4.07. The van der Waals surface area contributed by atoms with E-state index in [9.17, 15) is 5.11 Å². The molecule has 1 aromatic carbocycles. The van der Waals surface area contributed by atoms with Crippen LogP contribution in [0.4, 0.5) is 0 Å². The normalized spacial score (nSPS) is 25.5. The van der Waals surface area contributed by atoms with Crippen LogP contribution in [0.3, 0.4) is 0 Å². The van der Waals surface area contributed by atoms with Crippen molar-refractivity contribution in [1.29, 1.82) is 0 Å². The Kier molecular flexibility index (Phi) is 4.22. The van der Waals surface area contributed by atoms with E-state index in [0.717, 1.165) is 18.4 Å². The van der Waals surface area contributed by atoms with Crippen molar-refractivity contribution in [3.05, 3.63) is 32.8 Å². The Labute approximate surface area is 116 Å².